The summed E-state index contributed by atoms with van der Waals surface area (Å²) in [7, 11) is -3.43. The van der Waals surface area contributed by atoms with Gasteiger partial charge in [-0.25, -0.2) is 8.42 Å². The summed E-state index contributed by atoms with van der Waals surface area (Å²) in [5, 5.41) is 6.24. The Morgan fingerprint density at radius 3 is 2.76 bits per heavy atom. The Morgan fingerprint density at radius 2 is 2.24 bits per heavy atom. The molecule has 0 atom stereocenters. The van der Waals surface area contributed by atoms with Crippen LogP contribution < -0.4 is 0 Å². The van der Waals surface area contributed by atoms with E-state index >= 15 is 0 Å². The minimum Gasteiger partial charge on any atom is -0.284 e. The van der Waals surface area contributed by atoms with Crippen LogP contribution in [0.2, 0.25) is 0 Å². The van der Waals surface area contributed by atoms with E-state index in [0.29, 0.717) is 6.54 Å². The number of sulfonamides is 1. The van der Waals surface area contributed by atoms with Crippen molar-refractivity contribution in [3.8, 4) is 0 Å². The van der Waals surface area contributed by atoms with E-state index in [-0.39, 0.29) is 10.9 Å². The van der Waals surface area contributed by atoms with Crippen molar-refractivity contribution >= 4 is 10.0 Å². The fraction of sp³-hybridized carbons (Fsp3) is 0.545. The lowest BCUT2D eigenvalue weighted by Crippen LogP contribution is -2.38. The lowest BCUT2D eigenvalue weighted by molar-refractivity contribution is 0.347. The third kappa shape index (κ3) is 2.42. The van der Waals surface area contributed by atoms with Crippen molar-refractivity contribution < 1.29 is 8.42 Å². The highest BCUT2D eigenvalue weighted by molar-refractivity contribution is 7.89. The van der Waals surface area contributed by atoms with Crippen LogP contribution in [0.4, 0.5) is 0 Å². The normalized spacial score (nSPS) is 17.7. The SMILES string of the molecule is C=CCN(C1CCCC1)S(=O)(=O)c1cn[nH]c1. The Morgan fingerprint density at radius 1 is 1.53 bits per heavy atom. The van der Waals surface area contributed by atoms with E-state index in [4.69, 9.17) is 0 Å². The van der Waals surface area contributed by atoms with Gasteiger partial charge in [0.1, 0.15) is 4.90 Å². The summed E-state index contributed by atoms with van der Waals surface area (Å²) < 4.78 is 26.3. The maximum Gasteiger partial charge on any atom is 0.246 e. The summed E-state index contributed by atoms with van der Waals surface area (Å²) in [6.45, 7) is 4.00. The van der Waals surface area contributed by atoms with Gasteiger partial charge in [0.2, 0.25) is 10.0 Å². The number of nitrogens with zero attached hydrogens (tertiary/aromatic N) is 2. The first-order valence-electron chi connectivity index (χ1n) is 5.78. The molecule has 2 rings (SSSR count). The fourth-order valence-corrected chi connectivity index (χ4v) is 3.84. The van der Waals surface area contributed by atoms with Gasteiger partial charge in [-0.2, -0.15) is 9.40 Å². The van der Waals surface area contributed by atoms with Crippen LogP contribution in [-0.2, 0) is 10.0 Å². The van der Waals surface area contributed by atoms with Gasteiger partial charge in [-0.05, 0) is 12.8 Å². The molecule has 1 saturated carbocycles. The number of H-pyrrole nitrogens is 1. The molecule has 1 fully saturated rings. The summed E-state index contributed by atoms with van der Waals surface area (Å²) in [5.74, 6) is 0. The van der Waals surface area contributed by atoms with E-state index in [1.54, 1.807) is 6.08 Å². The van der Waals surface area contributed by atoms with E-state index < -0.39 is 10.0 Å². The molecule has 0 unspecified atom stereocenters. The molecule has 0 spiro atoms. The number of hydrogen-bond acceptors (Lipinski definition) is 3. The number of hydrogen-bond donors (Lipinski definition) is 1. The lowest BCUT2D eigenvalue weighted by Gasteiger charge is -2.26. The van der Waals surface area contributed by atoms with Gasteiger partial charge < -0.3 is 0 Å². The zero-order valence-electron chi connectivity index (χ0n) is 9.67. The standard InChI is InChI=1S/C11H17N3O2S/c1-2-7-14(10-5-3-4-6-10)17(15,16)11-8-12-13-9-11/h2,8-10H,1,3-7H2,(H,12,13). The van der Waals surface area contributed by atoms with Crippen molar-refractivity contribution in [2.75, 3.05) is 6.54 Å². The van der Waals surface area contributed by atoms with Crippen LogP contribution >= 0.6 is 0 Å². The first kappa shape index (κ1) is 12.3. The van der Waals surface area contributed by atoms with E-state index in [1.165, 1.54) is 16.7 Å². The molecule has 0 aromatic carbocycles. The second-order valence-electron chi connectivity index (χ2n) is 4.24. The predicted molar refractivity (Wildman–Crippen MR) is 64.9 cm³/mol. The van der Waals surface area contributed by atoms with Crippen molar-refractivity contribution in [2.24, 2.45) is 0 Å². The molecule has 0 bridgehead atoms. The largest absolute Gasteiger partial charge is 0.284 e. The number of aromatic amines is 1. The molecule has 1 aromatic heterocycles. The van der Waals surface area contributed by atoms with E-state index in [1.807, 2.05) is 0 Å². The summed E-state index contributed by atoms with van der Waals surface area (Å²) in [4.78, 5) is 0.228. The molecule has 0 saturated heterocycles. The molecule has 1 heterocycles. The van der Waals surface area contributed by atoms with Crippen molar-refractivity contribution in [1.29, 1.82) is 0 Å². The molecule has 1 aliphatic carbocycles. The van der Waals surface area contributed by atoms with Crippen LogP contribution in [0.15, 0.2) is 29.9 Å². The second-order valence-corrected chi connectivity index (χ2v) is 6.13. The van der Waals surface area contributed by atoms with Crippen LogP contribution in [0, 0.1) is 0 Å². The van der Waals surface area contributed by atoms with Gasteiger partial charge in [0.05, 0.1) is 6.20 Å². The van der Waals surface area contributed by atoms with E-state index in [2.05, 4.69) is 16.8 Å². The third-order valence-electron chi connectivity index (χ3n) is 3.12. The monoisotopic (exact) mass is 255 g/mol. The summed E-state index contributed by atoms with van der Waals surface area (Å²) in [6, 6.07) is 0.105. The molecule has 6 heteroatoms. The first-order valence-corrected chi connectivity index (χ1v) is 7.22. The maximum absolute atomic E-state index is 12.4. The minimum absolute atomic E-state index is 0.105. The minimum atomic E-state index is -3.43. The smallest absolute Gasteiger partial charge is 0.246 e. The first-order chi connectivity index (χ1) is 8.16. The van der Waals surface area contributed by atoms with Crippen molar-refractivity contribution in [2.45, 2.75) is 36.6 Å². The van der Waals surface area contributed by atoms with Crippen LogP contribution in [0.25, 0.3) is 0 Å². The molecule has 94 valence electrons. The van der Waals surface area contributed by atoms with Gasteiger partial charge in [0.15, 0.2) is 0 Å². The van der Waals surface area contributed by atoms with E-state index in [9.17, 15) is 8.42 Å². The van der Waals surface area contributed by atoms with Gasteiger partial charge in [-0.15, -0.1) is 6.58 Å². The molecular formula is C11H17N3O2S. The highest BCUT2D eigenvalue weighted by atomic mass is 32.2. The number of rotatable bonds is 5. The Hall–Kier alpha value is -1.14. The Balaban J connectivity index is 2.29. The lowest BCUT2D eigenvalue weighted by atomic mass is 10.2. The van der Waals surface area contributed by atoms with Crippen LogP contribution in [0.5, 0.6) is 0 Å². The molecule has 0 radical (unpaired) electrons. The molecule has 1 aromatic rings. The Labute approximate surface area is 102 Å². The van der Waals surface area contributed by atoms with E-state index in [0.717, 1.165) is 25.7 Å². The maximum atomic E-state index is 12.4. The number of aromatic nitrogens is 2. The van der Waals surface area contributed by atoms with Gasteiger partial charge in [-0.1, -0.05) is 18.9 Å². The average molecular weight is 255 g/mol. The Kier molecular flexibility index (Phi) is 3.63. The van der Waals surface area contributed by atoms with Gasteiger partial charge in [0, 0.05) is 18.8 Å². The molecule has 5 nitrogen and oxygen atoms in total. The Bertz CT molecular complexity index is 461. The van der Waals surface area contributed by atoms with Crippen LogP contribution in [-0.4, -0.2) is 35.5 Å². The topological polar surface area (TPSA) is 66.1 Å². The summed E-state index contributed by atoms with van der Waals surface area (Å²) >= 11 is 0. The molecule has 0 amide bonds. The summed E-state index contributed by atoms with van der Waals surface area (Å²) in [6.07, 6.45) is 8.46. The molecule has 0 aliphatic heterocycles. The van der Waals surface area contributed by atoms with Crippen molar-refractivity contribution in [1.82, 2.24) is 14.5 Å². The van der Waals surface area contributed by atoms with Gasteiger partial charge in [-0.3, -0.25) is 5.10 Å². The van der Waals surface area contributed by atoms with Crippen LogP contribution in [0.1, 0.15) is 25.7 Å². The van der Waals surface area contributed by atoms with Crippen molar-refractivity contribution in [3.05, 3.63) is 25.0 Å². The third-order valence-corrected chi connectivity index (χ3v) is 5.00. The zero-order chi connectivity index (χ0) is 12.3. The number of nitrogens with one attached hydrogen (secondary N) is 1. The molecule has 17 heavy (non-hydrogen) atoms. The molecule has 1 N–H and O–H groups in total. The second kappa shape index (κ2) is 5.01. The highest BCUT2D eigenvalue weighted by Crippen LogP contribution is 2.28. The van der Waals surface area contributed by atoms with Gasteiger partial charge >= 0.3 is 0 Å². The van der Waals surface area contributed by atoms with Gasteiger partial charge in [0.25, 0.3) is 0 Å². The quantitative estimate of drug-likeness (QED) is 0.811. The average Bonchev–Trinajstić information content (AvgIpc) is 2.97. The fourth-order valence-electron chi connectivity index (χ4n) is 2.28. The van der Waals surface area contributed by atoms with Crippen molar-refractivity contribution in [3.63, 3.8) is 0 Å². The zero-order valence-corrected chi connectivity index (χ0v) is 10.5. The molecule has 1 aliphatic rings. The summed E-state index contributed by atoms with van der Waals surface area (Å²) in [5.41, 5.74) is 0. The molecular weight excluding hydrogens is 238 g/mol. The highest BCUT2D eigenvalue weighted by Gasteiger charge is 2.32. The van der Waals surface area contributed by atoms with Crippen LogP contribution in [0.3, 0.4) is 0 Å². The predicted octanol–water partition coefficient (Wildman–Crippen LogP) is 1.53.